The SMILES string of the molecule is CCN(CC)C(=O)OC(C)C(C)C(=O)N(CC)CC. The van der Waals surface area contributed by atoms with Gasteiger partial charge in [0.05, 0.1) is 5.92 Å². The molecular formula is C14H28N2O3. The first-order valence-corrected chi connectivity index (χ1v) is 7.17. The monoisotopic (exact) mass is 272 g/mol. The highest BCUT2D eigenvalue weighted by atomic mass is 16.6. The standard InChI is InChI=1S/C14H28N2O3/c1-7-15(8-2)13(17)11(5)12(6)19-14(18)16(9-3)10-4/h11-12H,7-10H2,1-6H3. The largest absolute Gasteiger partial charge is 0.446 e. The quantitative estimate of drug-likeness (QED) is 0.715. The molecule has 0 saturated heterocycles. The summed E-state index contributed by atoms with van der Waals surface area (Å²) in [6.07, 6.45) is -0.766. The van der Waals surface area contributed by atoms with Crippen molar-refractivity contribution in [3.63, 3.8) is 0 Å². The van der Waals surface area contributed by atoms with Crippen molar-refractivity contribution in [3.05, 3.63) is 0 Å². The van der Waals surface area contributed by atoms with Crippen LogP contribution in [0.2, 0.25) is 0 Å². The maximum atomic E-state index is 12.2. The first-order valence-electron chi connectivity index (χ1n) is 7.17. The average molecular weight is 272 g/mol. The van der Waals surface area contributed by atoms with Crippen molar-refractivity contribution in [1.29, 1.82) is 0 Å². The molecule has 19 heavy (non-hydrogen) atoms. The Morgan fingerprint density at radius 3 is 1.68 bits per heavy atom. The third-order valence-electron chi connectivity index (χ3n) is 3.48. The Balaban J connectivity index is 4.52. The number of rotatable bonds is 7. The topological polar surface area (TPSA) is 49.9 Å². The summed E-state index contributed by atoms with van der Waals surface area (Å²) < 4.78 is 5.36. The smallest absolute Gasteiger partial charge is 0.410 e. The van der Waals surface area contributed by atoms with Crippen molar-refractivity contribution in [3.8, 4) is 0 Å². The molecule has 0 aliphatic carbocycles. The van der Waals surface area contributed by atoms with Crippen molar-refractivity contribution >= 4 is 12.0 Å². The van der Waals surface area contributed by atoms with E-state index in [0.29, 0.717) is 26.2 Å². The lowest BCUT2D eigenvalue weighted by Crippen LogP contribution is -2.42. The summed E-state index contributed by atoms with van der Waals surface area (Å²) in [7, 11) is 0. The molecule has 5 nitrogen and oxygen atoms in total. The molecule has 2 atom stereocenters. The Bertz CT molecular complexity index is 286. The van der Waals surface area contributed by atoms with E-state index in [4.69, 9.17) is 4.74 Å². The van der Waals surface area contributed by atoms with Crippen LogP contribution in [-0.2, 0) is 9.53 Å². The molecule has 0 radical (unpaired) electrons. The number of amides is 2. The first kappa shape index (κ1) is 17.7. The summed E-state index contributed by atoms with van der Waals surface area (Å²) in [6.45, 7) is 13.9. The molecule has 0 N–H and O–H groups in total. The van der Waals surface area contributed by atoms with Crippen molar-refractivity contribution in [2.24, 2.45) is 5.92 Å². The van der Waals surface area contributed by atoms with E-state index in [0.717, 1.165) is 0 Å². The van der Waals surface area contributed by atoms with Gasteiger partial charge in [0.15, 0.2) is 0 Å². The van der Waals surface area contributed by atoms with Gasteiger partial charge in [-0.15, -0.1) is 0 Å². The molecule has 0 fully saturated rings. The van der Waals surface area contributed by atoms with Crippen LogP contribution < -0.4 is 0 Å². The second kappa shape index (κ2) is 8.77. The van der Waals surface area contributed by atoms with Gasteiger partial charge in [-0.3, -0.25) is 4.79 Å². The highest BCUT2D eigenvalue weighted by Gasteiger charge is 2.27. The minimum absolute atomic E-state index is 0.0323. The van der Waals surface area contributed by atoms with Crippen molar-refractivity contribution in [2.75, 3.05) is 26.2 Å². The summed E-state index contributed by atoms with van der Waals surface area (Å²) in [5.74, 6) is -0.288. The van der Waals surface area contributed by atoms with Gasteiger partial charge in [-0.2, -0.15) is 0 Å². The normalized spacial score (nSPS) is 13.6. The molecule has 112 valence electrons. The second-order valence-corrected chi connectivity index (χ2v) is 4.56. The average Bonchev–Trinajstić information content (AvgIpc) is 2.40. The minimum Gasteiger partial charge on any atom is -0.446 e. The molecule has 0 spiro atoms. The molecule has 2 unspecified atom stereocenters. The summed E-state index contributed by atoms with van der Waals surface area (Å²) in [4.78, 5) is 27.3. The van der Waals surface area contributed by atoms with Gasteiger partial charge in [-0.05, 0) is 34.6 Å². The molecule has 0 aliphatic heterocycles. The molecule has 0 heterocycles. The molecule has 0 saturated carbocycles. The van der Waals surface area contributed by atoms with E-state index in [1.54, 1.807) is 23.6 Å². The fourth-order valence-electron chi connectivity index (χ4n) is 1.84. The van der Waals surface area contributed by atoms with E-state index in [1.807, 2.05) is 27.7 Å². The van der Waals surface area contributed by atoms with Crippen molar-refractivity contribution in [2.45, 2.75) is 47.6 Å². The third kappa shape index (κ3) is 5.09. The lowest BCUT2D eigenvalue weighted by Gasteiger charge is -2.28. The van der Waals surface area contributed by atoms with Crippen LogP contribution in [0.15, 0.2) is 0 Å². The number of carbonyl (C=O) groups is 2. The fraction of sp³-hybridized carbons (Fsp3) is 0.857. The van der Waals surface area contributed by atoms with Gasteiger partial charge in [0.1, 0.15) is 6.10 Å². The van der Waals surface area contributed by atoms with Crippen LogP contribution in [0.25, 0.3) is 0 Å². The van der Waals surface area contributed by atoms with Crippen LogP contribution in [0.1, 0.15) is 41.5 Å². The van der Waals surface area contributed by atoms with Crippen LogP contribution in [-0.4, -0.2) is 54.1 Å². The Hall–Kier alpha value is -1.26. The Morgan fingerprint density at radius 2 is 1.32 bits per heavy atom. The van der Waals surface area contributed by atoms with Crippen LogP contribution >= 0.6 is 0 Å². The maximum Gasteiger partial charge on any atom is 0.410 e. The van der Waals surface area contributed by atoms with Gasteiger partial charge in [0, 0.05) is 26.2 Å². The second-order valence-electron chi connectivity index (χ2n) is 4.56. The van der Waals surface area contributed by atoms with E-state index in [9.17, 15) is 9.59 Å². The first-order chi connectivity index (χ1) is 8.92. The zero-order valence-electron chi connectivity index (χ0n) is 13.1. The van der Waals surface area contributed by atoms with E-state index < -0.39 is 6.10 Å². The molecule has 0 aromatic rings. The van der Waals surface area contributed by atoms with Crippen molar-refractivity contribution in [1.82, 2.24) is 9.80 Å². The molecule has 0 aromatic heterocycles. The number of carbonyl (C=O) groups excluding carboxylic acids is 2. The predicted octanol–water partition coefficient (Wildman–Crippen LogP) is 2.36. The molecule has 0 bridgehead atoms. The van der Waals surface area contributed by atoms with Crippen molar-refractivity contribution < 1.29 is 14.3 Å². The van der Waals surface area contributed by atoms with Gasteiger partial charge in [0.25, 0.3) is 0 Å². The van der Waals surface area contributed by atoms with E-state index in [1.165, 1.54) is 0 Å². The molecule has 2 amide bonds. The van der Waals surface area contributed by atoms with Gasteiger partial charge in [-0.25, -0.2) is 4.79 Å². The Morgan fingerprint density at radius 1 is 0.895 bits per heavy atom. The molecule has 0 aromatic carbocycles. The van der Waals surface area contributed by atoms with Gasteiger partial charge >= 0.3 is 6.09 Å². The highest BCUT2D eigenvalue weighted by molar-refractivity contribution is 5.79. The predicted molar refractivity (Wildman–Crippen MR) is 76.0 cm³/mol. The zero-order valence-corrected chi connectivity index (χ0v) is 13.1. The molecule has 5 heteroatoms. The van der Waals surface area contributed by atoms with E-state index in [2.05, 4.69) is 0 Å². The summed E-state index contributed by atoms with van der Waals surface area (Å²) >= 11 is 0. The Labute approximate surface area is 116 Å². The number of hydrogen-bond acceptors (Lipinski definition) is 3. The van der Waals surface area contributed by atoms with Gasteiger partial charge < -0.3 is 14.5 Å². The van der Waals surface area contributed by atoms with Gasteiger partial charge in [0.2, 0.25) is 5.91 Å². The molecular weight excluding hydrogens is 244 g/mol. The summed E-state index contributed by atoms with van der Waals surface area (Å²) in [6, 6.07) is 0. The summed E-state index contributed by atoms with van der Waals surface area (Å²) in [5.41, 5.74) is 0. The highest BCUT2D eigenvalue weighted by Crippen LogP contribution is 2.12. The van der Waals surface area contributed by atoms with Crippen LogP contribution in [0.4, 0.5) is 4.79 Å². The third-order valence-corrected chi connectivity index (χ3v) is 3.48. The zero-order chi connectivity index (χ0) is 15.0. The Kier molecular flexibility index (Phi) is 8.19. The van der Waals surface area contributed by atoms with Crippen LogP contribution in [0.5, 0.6) is 0 Å². The number of nitrogens with zero attached hydrogens (tertiary/aromatic N) is 2. The lowest BCUT2D eigenvalue weighted by molar-refractivity contribution is -0.137. The van der Waals surface area contributed by atoms with Crippen LogP contribution in [0.3, 0.4) is 0 Å². The minimum atomic E-state index is -0.416. The molecule has 0 rings (SSSR count). The van der Waals surface area contributed by atoms with Crippen LogP contribution in [0, 0.1) is 5.92 Å². The molecule has 0 aliphatic rings. The van der Waals surface area contributed by atoms with E-state index >= 15 is 0 Å². The maximum absolute atomic E-state index is 12.2. The lowest BCUT2D eigenvalue weighted by atomic mass is 10.0. The summed E-state index contributed by atoms with van der Waals surface area (Å²) in [5, 5.41) is 0. The number of hydrogen-bond donors (Lipinski definition) is 0. The number of ether oxygens (including phenoxy) is 1. The van der Waals surface area contributed by atoms with Gasteiger partial charge in [-0.1, -0.05) is 6.92 Å². The fourth-order valence-corrected chi connectivity index (χ4v) is 1.84. The van der Waals surface area contributed by atoms with E-state index in [-0.39, 0.29) is 17.9 Å².